The van der Waals surface area contributed by atoms with E-state index in [9.17, 15) is 36.6 Å². The molecule has 8 heteroatoms. The summed E-state index contributed by atoms with van der Waals surface area (Å²) >= 11 is 0. The van der Waals surface area contributed by atoms with E-state index < -0.39 is 47.7 Å². The Hall–Kier alpha value is -0.500. The van der Waals surface area contributed by atoms with Crippen molar-refractivity contribution < 1.29 is 36.6 Å². The second kappa shape index (κ2) is 5.30. The fourth-order valence-electron chi connectivity index (χ4n) is 3.15. The highest BCUT2D eigenvalue weighted by Gasteiger charge is 2.74. The van der Waals surface area contributed by atoms with E-state index in [2.05, 4.69) is 0 Å². The van der Waals surface area contributed by atoms with Crippen LogP contribution in [0.3, 0.4) is 0 Å². The Morgan fingerprint density at radius 1 is 0.762 bits per heavy atom. The van der Waals surface area contributed by atoms with Crippen LogP contribution in [-0.2, 0) is 0 Å². The maximum Gasteiger partial charge on any atom is 0.426 e. The van der Waals surface area contributed by atoms with Gasteiger partial charge >= 0.3 is 12.4 Å². The van der Waals surface area contributed by atoms with Crippen molar-refractivity contribution in [3.8, 4) is 0 Å². The summed E-state index contributed by atoms with van der Waals surface area (Å²) in [4.78, 5) is 0. The average Bonchev–Trinajstić information content (AvgIpc) is 2.22. The molecular formula is C13H20F6O2. The lowest BCUT2D eigenvalue weighted by atomic mass is 9.65. The zero-order valence-electron chi connectivity index (χ0n) is 12.0. The quantitative estimate of drug-likeness (QED) is 0.762. The van der Waals surface area contributed by atoms with Crippen molar-refractivity contribution in [2.45, 2.75) is 63.6 Å². The van der Waals surface area contributed by atoms with Crippen molar-refractivity contribution in [3.05, 3.63) is 0 Å². The summed E-state index contributed by atoms with van der Waals surface area (Å²) < 4.78 is 77.4. The zero-order valence-corrected chi connectivity index (χ0v) is 12.0. The zero-order chi connectivity index (χ0) is 16.9. The second-order valence-corrected chi connectivity index (χ2v) is 6.62. The number of hydrogen-bond donors (Lipinski definition) is 2. The first-order valence-corrected chi connectivity index (χ1v) is 6.69. The third kappa shape index (κ3) is 3.47. The van der Waals surface area contributed by atoms with E-state index in [1.54, 1.807) is 0 Å². The van der Waals surface area contributed by atoms with E-state index >= 15 is 0 Å². The van der Waals surface area contributed by atoms with Crippen LogP contribution in [0.15, 0.2) is 0 Å². The van der Waals surface area contributed by atoms with Gasteiger partial charge in [-0.25, -0.2) is 0 Å². The van der Waals surface area contributed by atoms with Gasteiger partial charge in [0.15, 0.2) is 0 Å². The van der Waals surface area contributed by atoms with Gasteiger partial charge in [0.05, 0.1) is 5.60 Å². The van der Waals surface area contributed by atoms with Crippen LogP contribution in [0.1, 0.15) is 40.0 Å². The lowest BCUT2D eigenvalue weighted by Crippen LogP contribution is -2.63. The molecule has 21 heavy (non-hydrogen) atoms. The van der Waals surface area contributed by atoms with Crippen LogP contribution in [0, 0.1) is 17.8 Å². The minimum absolute atomic E-state index is 0.325. The summed E-state index contributed by atoms with van der Waals surface area (Å²) in [5, 5.41) is 19.4. The van der Waals surface area contributed by atoms with Crippen molar-refractivity contribution in [1.29, 1.82) is 0 Å². The van der Waals surface area contributed by atoms with Crippen LogP contribution in [0.5, 0.6) is 0 Å². The molecule has 0 saturated heterocycles. The predicted molar refractivity (Wildman–Crippen MR) is 63.4 cm³/mol. The lowest BCUT2D eigenvalue weighted by molar-refractivity contribution is -0.389. The van der Waals surface area contributed by atoms with Gasteiger partial charge in [-0.1, -0.05) is 6.92 Å². The summed E-state index contributed by atoms with van der Waals surface area (Å²) in [6.45, 7) is 4.23. The molecule has 0 spiro atoms. The molecule has 0 bridgehead atoms. The van der Waals surface area contributed by atoms with Gasteiger partial charge in [0.2, 0.25) is 0 Å². The third-order valence-corrected chi connectivity index (χ3v) is 4.40. The first-order valence-electron chi connectivity index (χ1n) is 6.69. The molecule has 2 N–H and O–H groups in total. The van der Waals surface area contributed by atoms with Crippen molar-refractivity contribution in [3.63, 3.8) is 0 Å². The summed E-state index contributed by atoms with van der Waals surface area (Å²) in [5.74, 6) is -3.20. The van der Waals surface area contributed by atoms with Gasteiger partial charge in [-0.2, -0.15) is 26.3 Å². The maximum atomic E-state index is 12.9. The number of aliphatic hydroxyl groups is 2. The maximum absolute atomic E-state index is 12.9. The lowest BCUT2D eigenvalue weighted by Gasteiger charge is -2.46. The van der Waals surface area contributed by atoms with Gasteiger partial charge in [0, 0.05) is 5.92 Å². The van der Waals surface area contributed by atoms with Gasteiger partial charge in [0.25, 0.3) is 5.60 Å². The number of halogens is 6. The van der Waals surface area contributed by atoms with Crippen LogP contribution in [-0.4, -0.2) is 33.8 Å². The molecule has 1 aliphatic rings. The van der Waals surface area contributed by atoms with Gasteiger partial charge in [-0.05, 0) is 44.9 Å². The van der Waals surface area contributed by atoms with E-state index in [4.69, 9.17) is 0 Å². The van der Waals surface area contributed by atoms with Gasteiger partial charge < -0.3 is 10.2 Å². The van der Waals surface area contributed by atoms with Crippen LogP contribution in [0.4, 0.5) is 26.3 Å². The third-order valence-electron chi connectivity index (χ3n) is 4.40. The minimum Gasteiger partial charge on any atom is -0.390 e. The molecule has 0 aromatic heterocycles. The molecule has 3 atom stereocenters. The summed E-state index contributed by atoms with van der Waals surface area (Å²) in [7, 11) is 0. The Kier molecular flexibility index (Phi) is 4.68. The SMILES string of the molecule is CC1CC(C(C)(C)O)CC(C(O)(C(F)(F)F)C(F)(F)F)C1. The highest BCUT2D eigenvalue weighted by Crippen LogP contribution is 2.54. The molecule has 126 valence electrons. The van der Waals surface area contributed by atoms with E-state index in [0.717, 1.165) is 0 Å². The topological polar surface area (TPSA) is 40.5 Å². The normalized spacial score (nSPS) is 29.6. The fourth-order valence-corrected chi connectivity index (χ4v) is 3.15. The molecule has 1 saturated carbocycles. The molecule has 0 heterocycles. The van der Waals surface area contributed by atoms with Crippen molar-refractivity contribution in [2.75, 3.05) is 0 Å². The van der Waals surface area contributed by atoms with Crippen molar-refractivity contribution in [2.24, 2.45) is 17.8 Å². The van der Waals surface area contributed by atoms with Crippen LogP contribution in [0.2, 0.25) is 0 Å². The van der Waals surface area contributed by atoms with Crippen LogP contribution < -0.4 is 0 Å². The van der Waals surface area contributed by atoms with Crippen LogP contribution in [0.25, 0.3) is 0 Å². The molecule has 1 fully saturated rings. The number of rotatable bonds is 2. The molecule has 0 radical (unpaired) electrons. The van der Waals surface area contributed by atoms with E-state index in [0.29, 0.717) is 6.42 Å². The number of alkyl halides is 6. The van der Waals surface area contributed by atoms with Crippen molar-refractivity contribution >= 4 is 0 Å². The molecule has 1 rings (SSSR count). The van der Waals surface area contributed by atoms with Crippen molar-refractivity contribution in [1.82, 2.24) is 0 Å². The average molecular weight is 322 g/mol. The Morgan fingerprint density at radius 2 is 1.14 bits per heavy atom. The van der Waals surface area contributed by atoms with E-state index in [1.165, 1.54) is 20.8 Å². The highest BCUT2D eigenvalue weighted by atomic mass is 19.4. The van der Waals surface area contributed by atoms with Gasteiger partial charge in [-0.3, -0.25) is 0 Å². The monoisotopic (exact) mass is 322 g/mol. The van der Waals surface area contributed by atoms with Crippen LogP contribution >= 0.6 is 0 Å². The first-order chi connectivity index (χ1) is 9.10. The Bertz CT molecular complexity index is 354. The minimum atomic E-state index is -5.81. The van der Waals surface area contributed by atoms with Gasteiger partial charge in [-0.15, -0.1) is 0 Å². The standard InChI is InChI=1S/C13H20F6O2/c1-7-4-8(10(2,3)20)6-9(5-7)11(21,12(14,15)16)13(17,18)19/h7-9,20-21H,4-6H2,1-3H3. The molecule has 0 amide bonds. The van der Waals surface area contributed by atoms with E-state index in [1.807, 2.05) is 0 Å². The molecule has 2 nitrogen and oxygen atoms in total. The largest absolute Gasteiger partial charge is 0.426 e. The molecule has 1 aliphatic carbocycles. The summed E-state index contributed by atoms with van der Waals surface area (Å²) in [5.41, 5.74) is -6.14. The Labute approximate surface area is 119 Å². The highest BCUT2D eigenvalue weighted by molar-refractivity contribution is 5.03. The molecule has 0 aromatic rings. The summed E-state index contributed by atoms with van der Waals surface area (Å²) in [6.07, 6.45) is -12.2. The first kappa shape index (κ1) is 18.5. The number of hydrogen-bond acceptors (Lipinski definition) is 2. The smallest absolute Gasteiger partial charge is 0.390 e. The van der Waals surface area contributed by atoms with Gasteiger partial charge in [0.1, 0.15) is 0 Å². The summed E-state index contributed by atoms with van der Waals surface area (Å²) in [6, 6.07) is 0. The molecule has 3 unspecified atom stereocenters. The fraction of sp³-hybridized carbons (Fsp3) is 1.00. The predicted octanol–water partition coefficient (Wildman–Crippen LogP) is 3.67. The second-order valence-electron chi connectivity index (χ2n) is 6.62. The molecule has 0 aliphatic heterocycles. The molecular weight excluding hydrogens is 302 g/mol. The Morgan fingerprint density at radius 3 is 1.48 bits per heavy atom. The molecule has 0 aromatic carbocycles. The Balaban J connectivity index is 3.20. The van der Waals surface area contributed by atoms with E-state index in [-0.39, 0.29) is 6.42 Å².